The topological polar surface area (TPSA) is 32.6 Å². The van der Waals surface area contributed by atoms with E-state index in [9.17, 15) is 5.11 Å². The third-order valence-electron chi connectivity index (χ3n) is 2.37. The van der Waals surface area contributed by atoms with E-state index in [-0.39, 0.29) is 5.76 Å². The Morgan fingerprint density at radius 2 is 2.08 bits per heavy atom. The van der Waals surface area contributed by atoms with Crippen LogP contribution >= 0.6 is 0 Å². The molecule has 0 aromatic heterocycles. The Hall–Kier alpha value is -0.790. The van der Waals surface area contributed by atoms with Crippen molar-refractivity contribution in [2.45, 2.75) is 32.6 Å². The van der Waals surface area contributed by atoms with E-state index < -0.39 is 0 Å². The first kappa shape index (κ1) is 9.30. The van der Waals surface area contributed by atoms with Gasteiger partial charge in [0.15, 0.2) is 0 Å². The quantitative estimate of drug-likeness (QED) is 0.508. The van der Waals surface area contributed by atoms with Gasteiger partial charge in [-0.15, -0.1) is 0 Å². The van der Waals surface area contributed by atoms with Gasteiger partial charge in [-0.25, -0.2) is 0 Å². The molecule has 0 saturated heterocycles. The van der Waals surface area contributed by atoms with Crippen molar-refractivity contribution >= 4 is 5.71 Å². The minimum atomic E-state index is 0.170. The SMILES string of the molecule is C=C(O)/C(=N\CC)C1CCCC1. The van der Waals surface area contributed by atoms with Crippen LogP contribution in [0, 0.1) is 5.92 Å². The van der Waals surface area contributed by atoms with Crippen LogP contribution in [-0.2, 0) is 0 Å². The molecule has 0 atom stereocenters. The van der Waals surface area contributed by atoms with E-state index in [0.717, 1.165) is 12.3 Å². The van der Waals surface area contributed by atoms with Crippen molar-refractivity contribution < 1.29 is 5.11 Å². The Kier molecular flexibility index (Phi) is 3.32. The van der Waals surface area contributed by atoms with Gasteiger partial charge in [-0.05, 0) is 19.8 Å². The summed E-state index contributed by atoms with van der Waals surface area (Å²) >= 11 is 0. The summed E-state index contributed by atoms with van der Waals surface area (Å²) in [4.78, 5) is 4.27. The van der Waals surface area contributed by atoms with Crippen molar-refractivity contribution in [1.82, 2.24) is 0 Å². The van der Waals surface area contributed by atoms with Gasteiger partial charge in [0.1, 0.15) is 5.76 Å². The minimum absolute atomic E-state index is 0.170. The first-order chi connectivity index (χ1) is 5.75. The molecular formula is C10H17NO. The molecule has 0 radical (unpaired) electrons. The molecule has 0 spiro atoms. The van der Waals surface area contributed by atoms with Gasteiger partial charge in [0.25, 0.3) is 0 Å². The van der Waals surface area contributed by atoms with Gasteiger partial charge in [0, 0.05) is 12.5 Å². The predicted octanol–water partition coefficient (Wildman–Crippen LogP) is 2.71. The predicted molar refractivity (Wildman–Crippen MR) is 51.7 cm³/mol. The van der Waals surface area contributed by atoms with E-state index in [0.29, 0.717) is 5.92 Å². The molecule has 1 aliphatic carbocycles. The van der Waals surface area contributed by atoms with E-state index in [1.807, 2.05) is 6.92 Å². The second kappa shape index (κ2) is 4.29. The number of nitrogens with zero attached hydrogens (tertiary/aromatic N) is 1. The van der Waals surface area contributed by atoms with Crippen molar-refractivity contribution in [2.75, 3.05) is 6.54 Å². The first-order valence-electron chi connectivity index (χ1n) is 4.68. The summed E-state index contributed by atoms with van der Waals surface area (Å²) < 4.78 is 0. The number of allylic oxidation sites excluding steroid dienone is 1. The Bertz CT molecular complexity index is 190. The largest absolute Gasteiger partial charge is 0.507 e. The monoisotopic (exact) mass is 167 g/mol. The second-order valence-electron chi connectivity index (χ2n) is 3.29. The van der Waals surface area contributed by atoms with Crippen molar-refractivity contribution in [3.8, 4) is 0 Å². The summed E-state index contributed by atoms with van der Waals surface area (Å²) in [7, 11) is 0. The molecule has 0 aromatic carbocycles. The average molecular weight is 167 g/mol. The van der Waals surface area contributed by atoms with Crippen LogP contribution in [0.3, 0.4) is 0 Å². The molecule has 1 fully saturated rings. The van der Waals surface area contributed by atoms with Crippen LogP contribution in [-0.4, -0.2) is 17.4 Å². The lowest BCUT2D eigenvalue weighted by Gasteiger charge is -2.11. The van der Waals surface area contributed by atoms with Crippen LogP contribution in [0.2, 0.25) is 0 Å². The molecule has 0 bridgehead atoms. The Balaban J connectivity index is 2.64. The minimum Gasteiger partial charge on any atom is -0.507 e. The maximum absolute atomic E-state index is 9.28. The van der Waals surface area contributed by atoms with E-state index in [1.54, 1.807) is 0 Å². The normalized spacial score (nSPS) is 19.9. The number of hydrogen-bond acceptors (Lipinski definition) is 2. The zero-order valence-corrected chi connectivity index (χ0v) is 7.71. The molecule has 0 unspecified atom stereocenters. The maximum atomic E-state index is 9.28. The van der Waals surface area contributed by atoms with Gasteiger partial charge in [0.05, 0.1) is 5.71 Å². The van der Waals surface area contributed by atoms with Crippen LogP contribution < -0.4 is 0 Å². The molecule has 1 saturated carbocycles. The first-order valence-corrected chi connectivity index (χ1v) is 4.68. The Morgan fingerprint density at radius 3 is 2.50 bits per heavy atom. The Labute approximate surface area is 74.0 Å². The lowest BCUT2D eigenvalue weighted by molar-refractivity contribution is 0.437. The van der Waals surface area contributed by atoms with Crippen LogP contribution in [0.5, 0.6) is 0 Å². The van der Waals surface area contributed by atoms with Crippen LogP contribution in [0.4, 0.5) is 0 Å². The summed E-state index contributed by atoms with van der Waals surface area (Å²) in [5.74, 6) is 0.645. The van der Waals surface area contributed by atoms with Gasteiger partial charge in [-0.1, -0.05) is 19.4 Å². The highest BCUT2D eigenvalue weighted by Gasteiger charge is 2.21. The summed E-state index contributed by atoms with van der Waals surface area (Å²) in [6.07, 6.45) is 4.86. The maximum Gasteiger partial charge on any atom is 0.129 e. The highest BCUT2D eigenvalue weighted by molar-refractivity contribution is 5.99. The fourth-order valence-electron chi connectivity index (χ4n) is 1.83. The number of aliphatic imine (C=N–C) groups is 1. The highest BCUT2D eigenvalue weighted by atomic mass is 16.3. The summed E-state index contributed by atoms with van der Waals surface area (Å²) in [6.45, 7) is 6.27. The fourth-order valence-corrected chi connectivity index (χ4v) is 1.83. The number of aliphatic hydroxyl groups is 1. The molecule has 1 rings (SSSR count). The third kappa shape index (κ3) is 2.10. The highest BCUT2D eigenvalue weighted by Crippen LogP contribution is 2.27. The summed E-state index contributed by atoms with van der Waals surface area (Å²) in [6, 6.07) is 0. The third-order valence-corrected chi connectivity index (χ3v) is 2.37. The van der Waals surface area contributed by atoms with E-state index >= 15 is 0 Å². The lowest BCUT2D eigenvalue weighted by atomic mass is 10.0. The zero-order chi connectivity index (χ0) is 8.97. The molecule has 0 aliphatic heterocycles. The van der Waals surface area contributed by atoms with Crippen LogP contribution in [0.1, 0.15) is 32.6 Å². The molecule has 1 N–H and O–H groups in total. The standard InChI is InChI=1S/C10H17NO/c1-3-11-10(8(2)12)9-6-4-5-7-9/h9,12H,2-7H2,1H3/b11-10+. The van der Waals surface area contributed by atoms with Crippen molar-refractivity contribution in [2.24, 2.45) is 10.9 Å². The molecule has 0 aromatic rings. The molecule has 0 heterocycles. The lowest BCUT2D eigenvalue weighted by Crippen LogP contribution is -2.13. The van der Waals surface area contributed by atoms with Gasteiger partial charge >= 0.3 is 0 Å². The van der Waals surface area contributed by atoms with Gasteiger partial charge in [-0.2, -0.15) is 0 Å². The molecule has 12 heavy (non-hydrogen) atoms. The van der Waals surface area contributed by atoms with Gasteiger partial charge in [-0.3, -0.25) is 4.99 Å². The molecule has 0 amide bonds. The molecular weight excluding hydrogens is 150 g/mol. The number of hydrogen-bond donors (Lipinski definition) is 1. The number of aliphatic hydroxyl groups excluding tert-OH is 1. The number of rotatable bonds is 3. The van der Waals surface area contributed by atoms with Gasteiger partial charge in [0.2, 0.25) is 0 Å². The van der Waals surface area contributed by atoms with Crippen LogP contribution in [0.25, 0.3) is 0 Å². The van der Waals surface area contributed by atoms with Gasteiger partial charge < -0.3 is 5.11 Å². The van der Waals surface area contributed by atoms with E-state index in [2.05, 4.69) is 11.6 Å². The Morgan fingerprint density at radius 1 is 1.50 bits per heavy atom. The molecule has 2 heteroatoms. The van der Waals surface area contributed by atoms with Crippen molar-refractivity contribution in [3.63, 3.8) is 0 Å². The fraction of sp³-hybridized carbons (Fsp3) is 0.700. The molecule has 1 aliphatic rings. The summed E-state index contributed by atoms with van der Waals surface area (Å²) in [5, 5.41) is 9.28. The molecule has 68 valence electrons. The van der Waals surface area contributed by atoms with E-state index in [4.69, 9.17) is 0 Å². The summed E-state index contributed by atoms with van der Waals surface area (Å²) in [5.41, 5.74) is 0.843. The van der Waals surface area contributed by atoms with Crippen molar-refractivity contribution in [3.05, 3.63) is 12.3 Å². The van der Waals surface area contributed by atoms with Crippen molar-refractivity contribution in [1.29, 1.82) is 0 Å². The van der Waals surface area contributed by atoms with Crippen LogP contribution in [0.15, 0.2) is 17.3 Å². The van der Waals surface area contributed by atoms with E-state index in [1.165, 1.54) is 25.7 Å². The molecule has 2 nitrogen and oxygen atoms in total. The average Bonchev–Trinajstić information content (AvgIpc) is 2.51. The zero-order valence-electron chi connectivity index (χ0n) is 7.71. The smallest absolute Gasteiger partial charge is 0.129 e. The second-order valence-corrected chi connectivity index (χ2v) is 3.29.